The lowest BCUT2D eigenvalue weighted by molar-refractivity contribution is 0.249. The average molecular weight is 185 g/mol. The van der Waals surface area contributed by atoms with E-state index < -0.39 is 0 Å². The summed E-state index contributed by atoms with van der Waals surface area (Å²) in [4.78, 5) is 0. The molecule has 1 nitrogen and oxygen atoms in total. The molecule has 0 radical (unpaired) electrons. The predicted molar refractivity (Wildman–Crippen MR) is 60.8 cm³/mol. The van der Waals surface area contributed by atoms with Crippen LogP contribution >= 0.6 is 0 Å². The number of hydrogen-bond donors (Lipinski definition) is 1. The summed E-state index contributed by atoms with van der Waals surface area (Å²) < 4.78 is 0. The molecule has 0 fully saturated rings. The van der Waals surface area contributed by atoms with Crippen LogP contribution in [0.25, 0.3) is 0 Å². The van der Waals surface area contributed by atoms with E-state index in [9.17, 15) is 0 Å². The van der Waals surface area contributed by atoms with E-state index in [2.05, 4.69) is 27.7 Å². The quantitative estimate of drug-likeness (QED) is 0.644. The van der Waals surface area contributed by atoms with E-state index in [1.807, 2.05) is 0 Å². The Kier molecular flexibility index (Phi) is 6.40. The maximum atomic E-state index is 5.78. The van der Waals surface area contributed by atoms with Crippen LogP contribution in [0.1, 0.15) is 59.8 Å². The van der Waals surface area contributed by atoms with E-state index in [1.54, 1.807) is 0 Å². The molecule has 0 aromatic rings. The third kappa shape index (κ3) is 6.09. The molecule has 0 aliphatic heterocycles. The highest BCUT2D eigenvalue weighted by Gasteiger charge is 2.20. The molecule has 0 aliphatic carbocycles. The number of hydrogen-bond acceptors (Lipinski definition) is 1. The van der Waals surface area contributed by atoms with E-state index in [-0.39, 0.29) is 0 Å². The minimum atomic E-state index is 0.484. The summed E-state index contributed by atoms with van der Waals surface area (Å²) in [5.41, 5.74) is 6.26. The summed E-state index contributed by atoms with van der Waals surface area (Å²) >= 11 is 0. The summed E-state index contributed by atoms with van der Waals surface area (Å²) in [6.07, 6.45) is 6.50. The van der Waals surface area contributed by atoms with Gasteiger partial charge < -0.3 is 5.73 Å². The second-order valence-corrected chi connectivity index (χ2v) is 4.97. The zero-order valence-corrected chi connectivity index (χ0v) is 9.90. The van der Waals surface area contributed by atoms with Crippen molar-refractivity contribution in [2.24, 2.45) is 17.1 Å². The summed E-state index contributed by atoms with van der Waals surface area (Å²) in [6.45, 7) is 10.1. The van der Waals surface area contributed by atoms with Crippen molar-refractivity contribution < 1.29 is 0 Å². The molecule has 0 spiro atoms. The molecule has 2 N–H and O–H groups in total. The Morgan fingerprint density at radius 1 is 1.23 bits per heavy atom. The van der Waals surface area contributed by atoms with Gasteiger partial charge in [0.15, 0.2) is 0 Å². The lowest BCUT2D eigenvalue weighted by Crippen LogP contribution is -2.22. The highest BCUT2D eigenvalue weighted by Crippen LogP contribution is 2.30. The van der Waals surface area contributed by atoms with Gasteiger partial charge in [0, 0.05) is 0 Å². The van der Waals surface area contributed by atoms with Crippen molar-refractivity contribution in [3.8, 4) is 0 Å². The highest BCUT2D eigenvalue weighted by molar-refractivity contribution is 4.72. The smallest absolute Gasteiger partial charge is 0.00487 e. The monoisotopic (exact) mass is 185 g/mol. The van der Waals surface area contributed by atoms with Gasteiger partial charge in [-0.15, -0.1) is 0 Å². The van der Waals surface area contributed by atoms with Crippen LogP contribution in [0.2, 0.25) is 0 Å². The van der Waals surface area contributed by atoms with Gasteiger partial charge in [0.2, 0.25) is 0 Å². The van der Waals surface area contributed by atoms with E-state index in [4.69, 9.17) is 5.73 Å². The van der Waals surface area contributed by atoms with E-state index >= 15 is 0 Å². The first-order valence-corrected chi connectivity index (χ1v) is 5.75. The number of rotatable bonds is 7. The molecular formula is C12H27N. The van der Waals surface area contributed by atoms with E-state index in [1.165, 1.54) is 32.1 Å². The van der Waals surface area contributed by atoms with Crippen LogP contribution in [-0.4, -0.2) is 6.54 Å². The molecule has 0 aromatic carbocycles. The fraction of sp³-hybridized carbons (Fsp3) is 1.00. The molecule has 0 saturated carbocycles. The molecular weight excluding hydrogens is 158 g/mol. The van der Waals surface area contributed by atoms with Gasteiger partial charge >= 0.3 is 0 Å². The second kappa shape index (κ2) is 6.42. The molecule has 13 heavy (non-hydrogen) atoms. The van der Waals surface area contributed by atoms with Gasteiger partial charge in [0.1, 0.15) is 0 Å². The fourth-order valence-electron chi connectivity index (χ4n) is 1.72. The second-order valence-electron chi connectivity index (χ2n) is 4.97. The Morgan fingerprint density at radius 2 is 1.85 bits per heavy atom. The van der Waals surface area contributed by atoms with Gasteiger partial charge in [0.05, 0.1) is 0 Å². The van der Waals surface area contributed by atoms with Crippen molar-refractivity contribution in [2.45, 2.75) is 59.8 Å². The van der Waals surface area contributed by atoms with Crippen LogP contribution in [0.5, 0.6) is 0 Å². The molecule has 0 amide bonds. The van der Waals surface area contributed by atoms with Crippen LogP contribution in [-0.2, 0) is 0 Å². The number of unbranched alkanes of at least 4 members (excludes halogenated alkanes) is 1. The highest BCUT2D eigenvalue weighted by atomic mass is 14.5. The van der Waals surface area contributed by atoms with Gasteiger partial charge in [0.25, 0.3) is 0 Å². The number of nitrogens with two attached hydrogens (primary N) is 1. The zero-order valence-electron chi connectivity index (χ0n) is 9.90. The SMILES string of the molecule is CCCCC(CN)CC(C)(C)CC. The summed E-state index contributed by atoms with van der Waals surface area (Å²) in [7, 11) is 0. The Labute approximate surface area is 84.1 Å². The Hall–Kier alpha value is -0.0400. The largest absolute Gasteiger partial charge is 0.330 e. The fourth-order valence-corrected chi connectivity index (χ4v) is 1.72. The topological polar surface area (TPSA) is 26.0 Å². The van der Waals surface area contributed by atoms with Gasteiger partial charge in [-0.1, -0.05) is 47.0 Å². The van der Waals surface area contributed by atoms with E-state index in [0.717, 1.165) is 12.5 Å². The van der Waals surface area contributed by atoms with Crippen LogP contribution < -0.4 is 5.73 Å². The van der Waals surface area contributed by atoms with Crippen molar-refractivity contribution in [3.05, 3.63) is 0 Å². The molecule has 0 saturated heterocycles. The third-order valence-corrected chi connectivity index (χ3v) is 3.10. The van der Waals surface area contributed by atoms with Gasteiger partial charge in [-0.25, -0.2) is 0 Å². The first-order chi connectivity index (χ1) is 6.05. The van der Waals surface area contributed by atoms with Crippen molar-refractivity contribution in [1.82, 2.24) is 0 Å². The molecule has 1 heteroatoms. The van der Waals surface area contributed by atoms with Crippen molar-refractivity contribution >= 4 is 0 Å². The summed E-state index contributed by atoms with van der Waals surface area (Å²) in [6, 6.07) is 0. The molecule has 1 unspecified atom stereocenters. The molecule has 0 rings (SSSR count). The third-order valence-electron chi connectivity index (χ3n) is 3.10. The minimum Gasteiger partial charge on any atom is -0.330 e. The van der Waals surface area contributed by atoms with Gasteiger partial charge in [-0.2, -0.15) is 0 Å². The molecule has 1 atom stereocenters. The molecule has 0 bridgehead atoms. The maximum absolute atomic E-state index is 5.78. The van der Waals surface area contributed by atoms with Crippen LogP contribution in [0.15, 0.2) is 0 Å². The van der Waals surface area contributed by atoms with Crippen LogP contribution in [0.4, 0.5) is 0 Å². The van der Waals surface area contributed by atoms with E-state index in [0.29, 0.717) is 5.41 Å². The zero-order chi connectivity index (χ0) is 10.3. The predicted octanol–water partition coefficient (Wildman–Crippen LogP) is 3.58. The van der Waals surface area contributed by atoms with Crippen LogP contribution in [0, 0.1) is 11.3 Å². The first-order valence-electron chi connectivity index (χ1n) is 5.75. The van der Waals surface area contributed by atoms with Gasteiger partial charge in [-0.3, -0.25) is 0 Å². The van der Waals surface area contributed by atoms with Crippen molar-refractivity contribution in [1.29, 1.82) is 0 Å². The van der Waals surface area contributed by atoms with Gasteiger partial charge in [-0.05, 0) is 30.7 Å². The normalized spacial score (nSPS) is 14.5. The summed E-state index contributed by atoms with van der Waals surface area (Å²) in [5.74, 6) is 0.745. The molecule has 0 aromatic heterocycles. The molecule has 0 heterocycles. The minimum absolute atomic E-state index is 0.484. The summed E-state index contributed by atoms with van der Waals surface area (Å²) in [5, 5.41) is 0. The lowest BCUT2D eigenvalue weighted by atomic mass is 9.79. The Balaban J connectivity index is 3.82. The Morgan fingerprint density at radius 3 is 2.23 bits per heavy atom. The van der Waals surface area contributed by atoms with Crippen LogP contribution in [0.3, 0.4) is 0 Å². The average Bonchev–Trinajstić information content (AvgIpc) is 2.12. The standard InChI is InChI=1S/C12H27N/c1-5-7-8-11(10-13)9-12(3,4)6-2/h11H,5-10,13H2,1-4H3. The molecule has 80 valence electrons. The Bertz CT molecular complexity index is 118. The van der Waals surface area contributed by atoms with Crippen molar-refractivity contribution in [3.63, 3.8) is 0 Å². The van der Waals surface area contributed by atoms with Crippen molar-refractivity contribution in [2.75, 3.05) is 6.54 Å². The molecule has 0 aliphatic rings. The maximum Gasteiger partial charge on any atom is -0.00487 e. The first kappa shape index (κ1) is 13.0. The lowest BCUT2D eigenvalue weighted by Gasteiger charge is -2.27.